The third-order valence-electron chi connectivity index (χ3n) is 5.56. The van der Waals surface area contributed by atoms with Gasteiger partial charge in [0.15, 0.2) is 11.5 Å². The topological polar surface area (TPSA) is 72.0 Å². The van der Waals surface area contributed by atoms with Crippen LogP contribution in [-0.4, -0.2) is 69.4 Å². The van der Waals surface area contributed by atoms with Gasteiger partial charge in [0.2, 0.25) is 11.7 Å². The summed E-state index contributed by atoms with van der Waals surface area (Å²) in [4.78, 5) is 14.3. The molecule has 1 aliphatic heterocycles. The summed E-state index contributed by atoms with van der Waals surface area (Å²) < 4.78 is 16.4. The molecule has 2 heterocycles. The molecule has 0 saturated carbocycles. The van der Waals surface area contributed by atoms with Gasteiger partial charge in [-0.25, -0.2) is 4.98 Å². The monoisotopic (exact) mass is 423 g/mol. The van der Waals surface area contributed by atoms with E-state index in [1.54, 1.807) is 21.3 Å². The third kappa shape index (κ3) is 4.44. The van der Waals surface area contributed by atoms with Crippen LogP contribution in [0.25, 0.3) is 10.9 Å². The second-order valence-corrected chi connectivity index (χ2v) is 7.57. The van der Waals surface area contributed by atoms with Crippen molar-refractivity contribution in [1.82, 2.24) is 14.9 Å². The fourth-order valence-electron chi connectivity index (χ4n) is 3.77. The number of ether oxygens (including phenoxy) is 3. The Bertz CT molecular complexity index is 1030. The lowest BCUT2D eigenvalue weighted by Gasteiger charge is -2.32. The zero-order valence-corrected chi connectivity index (χ0v) is 18.5. The van der Waals surface area contributed by atoms with Gasteiger partial charge >= 0.3 is 0 Å². The Labute approximate surface area is 182 Å². The first-order valence-electron chi connectivity index (χ1n) is 10.4. The highest BCUT2D eigenvalue weighted by Crippen LogP contribution is 2.38. The largest absolute Gasteiger partial charge is 0.493 e. The second kappa shape index (κ2) is 9.26. The van der Waals surface area contributed by atoms with Crippen LogP contribution in [0.2, 0.25) is 0 Å². The third-order valence-corrected chi connectivity index (χ3v) is 5.56. The van der Waals surface area contributed by atoms with Crippen LogP contribution in [-0.2, 0) is 6.54 Å². The Kier molecular flexibility index (Phi) is 6.27. The van der Waals surface area contributed by atoms with Crippen LogP contribution >= 0.6 is 0 Å². The van der Waals surface area contributed by atoms with Crippen LogP contribution in [0.3, 0.4) is 0 Å². The molecule has 1 aromatic heterocycles. The Balaban J connectivity index is 1.64. The number of piperazine rings is 1. The van der Waals surface area contributed by atoms with E-state index in [9.17, 15) is 0 Å². The number of nitrogens with zero attached hydrogens (tertiary/aromatic N) is 4. The molecule has 2 aromatic carbocycles. The summed E-state index contributed by atoms with van der Waals surface area (Å²) in [6.45, 7) is 4.40. The van der Waals surface area contributed by atoms with Crippen LogP contribution in [0.15, 0.2) is 36.4 Å². The Morgan fingerprint density at radius 3 is 2.23 bits per heavy atom. The normalized spacial score (nSPS) is 14.5. The first kappa shape index (κ1) is 21.0. The summed E-state index contributed by atoms with van der Waals surface area (Å²) in [5.74, 6) is 3.42. The van der Waals surface area contributed by atoms with Crippen molar-refractivity contribution in [2.24, 2.45) is 0 Å². The van der Waals surface area contributed by atoms with Crippen molar-refractivity contribution >= 4 is 22.7 Å². The number of benzene rings is 2. The zero-order chi connectivity index (χ0) is 21.8. The predicted molar refractivity (Wildman–Crippen MR) is 123 cm³/mol. The second-order valence-electron chi connectivity index (χ2n) is 7.57. The van der Waals surface area contributed by atoms with Gasteiger partial charge in [-0.15, -0.1) is 0 Å². The molecule has 1 saturated heterocycles. The van der Waals surface area contributed by atoms with Crippen molar-refractivity contribution in [3.63, 3.8) is 0 Å². The molecule has 164 valence electrons. The van der Waals surface area contributed by atoms with E-state index in [-0.39, 0.29) is 0 Å². The molecule has 0 amide bonds. The standard InChI is InChI=1S/C23H29N5O3/c1-27-9-11-28(12-10-27)23-25-18-8-6-5-7-17(18)22(26-23)24-15-16-13-19(29-2)21(31-4)20(14-16)30-3/h5-8,13-14H,9-12,15H2,1-4H3,(H,24,25,26). The highest BCUT2D eigenvalue weighted by atomic mass is 16.5. The summed E-state index contributed by atoms with van der Waals surface area (Å²) in [5, 5.41) is 4.49. The molecular weight excluding hydrogens is 394 g/mol. The van der Waals surface area contributed by atoms with Crippen molar-refractivity contribution in [1.29, 1.82) is 0 Å². The number of methoxy groups -OCH3 is 3. The molecule has 1 N–H and O–H groups in total. The fraction of sp³-hybridized carbons (Fsp3) is 0.391. The molecule has 3 aromatic rings. The van der Waals surface area contributed by atoms with Gasteiger partial charge in [-0.05, 0) is 36.9 Å². The smallest absolute Gasteiger partial charge is 0.227 e. The fourth-order valence-corrected chi connectivity index (χ4v) is 3.77. The minimum atomic E-state index is 0.555. The molecular formula is C23H29N5O3. The van der Waals surface area contributed by atoms with Crippen LogP contribution in [0.1, 0.15) is 5.56 Å². The van der Waals surface area contributed by atoms with Gasteiger partial charge in [0.05, 0.1) is 26.8 Å². The molecule has 0 radical (unpaired) electrons. The van der Waals surface area contributed by atoms with Crippen LogP contribution in [0, 0.1) is 0 Å². The number of aromatic nitrogens is 2. The molecule has 31 heavy (non-hydrogen) atoms. The molecule has 0 spiro atoms. The molecule has 1 fully saturated rings. The SMILES string of the molecule is COc1cc(CNc2nc(N3CCN(C)CC3)nc3ccccc23)cc(OC)c1OC. The minimum Gasteiger partial charge on any atom is -0.493 e. The summed E-state index contributed by atoms with van der Waals surface area (Å²) in [6.07, 6.45) is 0. The van der Waals surface area contributed by atoms with E-state index in [0.29, 0.717) is 23.8 Å². The number of hydrogen-bond acceptors (Lipinski definition) is 8. The summed E-state index contributed by atoms with van der Waals surface area (Å²) in [7, 11) is 6.98. The van der Waals surface area contributed by atoms with Gasteiger partial charge in [-0.3, -0.25) is 0 Å². The zero-order valence-electron chi connectivity index (χ0n) is 18.5. The number of hydrogen-bond donors (Lipinski definition) is 1. The summed E-state index contributed by atoms with van der Waals surface area (Å²) >= 11 is 0. The Hall–Kier alpha value is -3.26. The van der Waals surface area contributed by atoms with Crippen LogP contribution in [0.4, 0.5) is 11.8 Å². The van der Waals surface area contributed by atoms with Crippen molar-refractivity contribution in [2.45, 2.75) is 6.54 Å². The average Bonchev–Trinajstić information content (AvgIpc) is 2.82. The quantitative estimate of drug-likeness (QED) is 0.622. The lowest BCUT2D eigenvalue weighted by atomic mass is 10.1. The van der Waals surface area contributed by atoms with E-state index in [2.05, 4.69) is 22.2 Å². The van der Waals surface area contributed by atoms with Crippen molar-refractivity contribution in [3.05, 3.63) is 42.0 Å². The maximum Gasteiger partial charge on any atom is 0.227 e. The minimum absolute atomic E-state index is 0.555. The van der Waals surface area contributed by atoms with Crippen LogP contribution in [0.5, 0.6) is 17.2 Å². The van der Waals surface area contributed by atoms with Gasteiger partial charge in [0.25, 0.3) is 0 Å². The molecule has 4 rings (SSSR count). The molecule has 8 heteroatoms. The maximum absolute atomic E-state index is 5.48. The molecule has 0 unspecified atom stereocenters. The number of nitrogens with one attached hydrogen (secondary N) is 1. The Morgan fingerprint density at radius 2 is 1.58 bits per heavy atom. The van der Waals surface area contributed by atoms with E-state index in [4.69, 9.17) is 24.2 Å². The number of rotatable bonds is 7. The average molecular weight is 424 g/mol. The maximum atomic E-state index is 5.48. The van der Waals surface area contributed by atoms with E-state index >= 15 is 0 Å². The summed E-state index contributed by atoms with van der Waals surface area (Å²) in [6, 6.07) is 12.0. The van der Waals surface area contributed by atoms with Gasteiger partial charge in [0.1, 0.15) is 5.82 Å². The molecule has 0 aliphatic carbocycles. The van der Waals surface area contributed by atoms with E-state index in [0.717, 1.165) is 54.4 Å². The molecule has 1 aliphatic rings. The highest BCUT2D eigenvalue weighted by Gasteiger charge is 2.19. The molecule has 8 nitrogen and oxygen atoms in total. The lowest BCUT2D eigenvalue weighted by Crippen LogP contribution is -2.45. The van der Waals surface area contributed by atoms with Crippen LogP contribution < -0.4 is 24.4 Å². The van der Waals surface area contributed by atoms with E-state index < -0.39 is 0 Å². The van der Waals surface area contributed by atoms with E-state index in [1.165, 1.54) is 0 Å². The number of likely N-dealkylation sites (N-methyl/N-ethyl adjacent to an activating group) is 1. The predicted octanol–water partition coefficient (Wildman–Crippen LogP) is 3.02. The van der Waals surface area contributed by atoms with Crippen molar-refractivity contribution in [3.8, 4) is 17.2 Å². The van der Waals surface area contributed by atoms with Gasteiger partial charge in [-0.1, -0.05) is 12.1 Å². The number of para-hydroxylation sites is 1. The van der Waals surface area contributed by atoms with Gasteiger partial charge in [-0.2, -0.15) is 4.98 Å². The first-order chi connectivity index (χ1) is 15.1. The molecule has 0 atom stereocenters. The Morgan fingerprint density at radius 1 is 0.903 bits per heavy atom. The van der Waals surface area contributed by atoms with Gasteiger partial charge in [0, 0.05) is 38.1 Å². The number of anilines is 2. The van der Waals surface area contributed by atoms with Crippen molar-refractivity contribution in [2.75, 3.05) is 64.8 Å². The lowest BCUT2D eigenvalue weighted by molar-refractivity contribution is 0.311. The molecule has 0 bridgehead atoms. The highest BCUT2D eigenvalue weighted by molar-refractivity contribution is 5.90. The summed E-state index contributed by atoms with van der Waals surface area (Å²) in [5.41, 5.74) is 1.93. The van der Waals surface area contributed by atoms with Gasteiger partial charge < -0.3 is 29.3 Å². The number of fused-ring (bicyclic) bond motifs is 1. The van der Waals surface area contributed by atoms with Crippen molar-refractivity contribution < 1.29 is 14.2 Å². The van der Waals surface area contributed by atoms with E-state index in [1.807, 2.05) is 36.4 Å². The first-order valence-corrected chi connectivity index (χ1v) is 10.4.